The van der Waals surface area contributed by atoms with Crippen molar-refractivity contribution in [3.8, 4) is 0 Å². The van der Waals surface area contributed by atoms with Crippen LogP contribution in [0.25, 0.3) is 5.65 Å². The van der Waals surface area contributed by atoms with Crippen LogP contribution in [0.1, 0.15) is 28.0 Å². The highest BCUT2D eigenvalue weighted by Crippen LogP contribution is 2.14. The van der Waals surface area contributed by atoms with E-state index in [4.69, 9.17) is 4.74 Å². The molecule has 0 aromatic carbocycles. The number of ether oxygens (including phenoxy) is 1. The molecule has 9 heteroatoms. The van der Waals surface area contributed by atoms with Crippen molar-refractivity contribution in [1.29, 1.82) is 0 Å². The van der Waals surface area contributed by atoms with Gasteiger partial charge in [-0.3, -0.25) is 9.20 Å². The van der Waals surface area contributed by atoms with E-state index in [1.165, 1.54) is 10.5 Å². The number of nitrogens with zero attached hydrogens (tertiary/aromatic N) is 4. The molecular formula is C14H11BrN4O3S. The molecule has 0 atom stereocenters. The van der Waals surface area contributed by atoms with Crippen molar-refractivity contribution < 1.29 is 9.53 Å². The Morgan fingerprint density at radius 2 is 2.26 bits per heavy atom. The predicted molar refractivity (Wildman–Crippen MR) is 87.6 cm³/mol. The summed E-state index contributed by atoms with van der Waals surface area (Å²) in [6, 6.07) is 4.84. The largest absolute Gasteiger partial charge is 0.455 e. The lowest BCUT2D eigenvalue weighted by molar-refractivity contribution is 0.0472. The van der Waals surface area contributed by atoms with E-state index in [2.05, 4.69) is 30.5 Å². The second-order valence-electron chi connectivity index (χ2n) is 4.64. The minimum absolute atomic E-state index is 0.0817. The smallest absolute Gasteiger partial charge is 0.352 e. The maximum atomic E-state index is 12.1. The highest BCUT2D eigenvalue weighted by molar-refractivity contribution is 9.10. The first-order chi connectivity index (χ1) is 11.1. The van der Waals surface area contributed by atoms with Crippen molar-refractivity contribution in [2.45, 2.75) is 20.0 Å². The van der Waals surface area contributed by atoms with E-state index in [9.17, 15) is 9.59 Å². The number of rotatable bonds is 4. The number of hydrogen-bond donors (Lipinski definition) is 0. The molecule has 0 saturated carbocycles. The molecule has 3 aromatic rings. The van der Waals surface area contributed by atoms with E-state index in [0.717, 1.165) is 16.0 Å². The maximum Gasteiger partial charge on any atom is 0.352 e. The van der Waals surface area contributed by atoms with Crippen molar-refractivity contribution in [3.05, 3.63) is 55.5 Å². The first-order valence-electron chi connectivity index (χ1n) is 6.74. The van der Waals surface area contributed by atoms with Gasteiger partial charge >= 0.3 is 5.97 Å². The molecule has 0 saturated heterocycles. The summed E-state index contributed by atoms with van der Waals surface area (Å²) in [6.07, 6.45) is 2.24. The van der Waals surface area contributed by atoms with Crippen molar-refractivity contribution >= 4 is 39.1 Å². The molecule has 0 fully saturated rings. The van der Waals surface area contributed by atoms with Crippen LogP contribution in [0.15, 0.2) is 33.7 Å². The minimum Gasteiger partial charge on any atom is -0.455 e. The Kier molecular flexibility index (Phi) is 4.49. The molecule has 118 valence electrons. The van der Waals surface area contributed by atoms with Gasteiger partial charge in [-0.2, -0.15) is 0 Å². The summed E-state index contributed by atoms with van der Waals surface area (Å²) >= 11 is 4.30. The van der Waals surface area contributed by atoms with Gasteiger partial charge in [-0.05, 0) is 46.0 Å². The Morgan fingerprint density at radius 1 is 1.43 bits per heavy atom. The highest BCUT2D eigenvalue weighted by atomic mass is 79.9. The van der Waals surface area contributed by atoms with Crippen molar-refractivity contribution in [2.75, 3.05) is 0 Å². The van der Waals surface area contributed by atoms with Gasteiger partial charge in [0.05, 0.1) is 11.4 Å². The number of carbonyl (C=O) groups excluding carboxylic acids is 1. The van der Waals surface area contributed by atoms with Crippen LogP contribution in [0.4, 0.5) is 0 Å². The van der Waals surface area contributed by atoms with E-state index in [-0.39, 0.29) is 12.2 Å². The fourth-order valence-electron chi connectivity index (χ4n) is 2.00. The van der Waals surface area contributed by atoms with Gasteiger partial charge in [-0.15, -0.1) is 5.10 Å². The molecule has 3 aromatic heterocycles. The van der Waals surface area contributed by atoms with Gasteiger partial charge in [0.15, 0.2) is 4.88 Å². The predicted octanol–water partition coefficient (Wildman–Crippen LogP) is 2.23. The number of aromatic nitrogens is 4. The molecule has 7 nitrogen and oxygen atoms in total. The Balaban J connectivity index is 1.81. The molecule has 3 heterocycles. The molecule has 0 radical (unpaired) electrons. The van der Waals surface area contributed by atoms with Gasteiger partial charge in [-0.1, -0.05) is 11.4 Å². The fourth-order valence-corrected chi connectivity index (χ4v) is 2.98. The zero-order valence-electron chi connectivity index (χ0n) is 12.0. The molecule has 0 N–H and O–H groups in total. The molecule has 0 aliphatic heterocycles. The normalized spacial score (nSPS) is 10.9. The third kappa shape index (κ3) is 3.30. The van der Waals surface area contributed by atoms with Gasteiger partial charge < -0.3 is 4.74 Å². The quantitative estimate of drug-likeness (QED) is 0.630. The third-order valence-corrected chi connectivity index (χ3v) is 4.32. The van der Waals surface area contributed by atoms with E-state index < -0.39 is 5.97 Å². The first kappa shape index (κ1) is 15.8. The van der Waals surface area contributed by atoms with Gasteiger partial charge in [0.25, 0.3) is 5.56 Å². The zero-order chi connectivity index (χ0) is 16.4. The summed E-state index contributed by atoms with van der Waals surface area (Å²) in [6.45, 7) is 1.80. The second-order valence-corrected chi connectivity index (χ2v) is 6.31. The van der Waals surface area contributed by atoms with E-state index in [1.807, 2.05) is 6.92 Å². The fraction of sp³-hybridized carbons (Fsp3) is 0.214. The molecule has 0 spiro atoms. The van der Waals surface area contributed by atoms with Crippen molar-refractivity contribution in [2.24, 2.45) is 0 Å². The average molecular weight is 395 g/mol. The van der Waals surface area contributed by atoms with Crippen LogP contribution in [-0.4, -0.2) is 24.9 Å². The minimum atomic E-state index is -0.505. The SMILES string of the molecule is CCc1nnsc1C(=O)OCc1cc(=O)n2cc(Br)ccc2n1. The average Bonchev–Trinajstić information content (AvgIpc) is 3.02. The second kappa shape index (κ2) is 6.55. The number of carbonyl (C=O) groups is 1. The Hall–Kier alpha value is -2.13. The first-order valence-corrected chi connectivity index (χ1v) is 8.31. The van der Waals surface area contributed by atoms with Crippen LogP contribution in [-0.2, 0) is 17.8 Å². The zero-order valence-corrected chi connectivity index (χ0v) is 14.4. The molecule has 0 aliphatic rings. The van der Waals surface area contributed by atoms with Gasteiger partial charge in [0.1, 0.15) is 12.3 Å². The van der Waals surface area contributed by atoms with Crippen LogP contribution in [0, 0.1) is 0 Å². The van der Waals surface area contributed by atoms with Crippen LogP contribution in [0.3, 0.4) is 0 Å². The van der Waals surface area contributed by atoms with Crippen LogP contribution in [0.2, 0.25) is 0 Å². The molecule has 0 unspecified atom stereocenters. The summed E-state index contributed by atoms with van der Waals surface area (Å²) in [7, 11) is 0. The van der Waals surface area contributed by atoms with E-state index in [1.54, 1.807) is 18.3 Å². The highest BCUT2D eigenvalue weighted by Gasteiger charge is 2.17. The Labute approximate surface area is 143 Å². The lowest BCUT2D eigenvalue weighted by atomic mass is 10.3. The summed E-state index contributed by atoms with van der Waals surface area (Å²) in [5.41, 5.74) is 1.24. The topological polar surface area (TPSA) is 86.5 Å². The number of pyridine rings is 1. The number of halogens is 1. The number of hydrogen-bond acceptors (Lipinski definition) is 7. The monoisotopic (exact) mass is 394 g/mol. The van der Waals surface area contributed by atoms with Gasteiger partial charge in [0.2, 0.25) is 0 Å². The summed E-state index contributed by atoms with van der Waals surface area (Å²) in [5, 5.41) is 3.87. The Morgan fingerprint density at radius 3 is 3.04 bits per heavy atom. The molecule has 0 bridgehead atoms. The van der Waals surface area contributed by atoms with Gasteiger partial charge in [0, 0.05) is 16.7 Å². The third-order valence-electron chi connectivity index (χ3n) is 3.10. The number of esters is 1. The summed E-state index contributed by atoms with van der Waals surface area (Å²) in [5.74, 6) is -0.505. The van der Waals surface area contributed by atoms with E-state index >= 15 is 0 Å². The molecule has 0 aliphatic carbocycles. The summed E-state index contributed by atoms with van der Waals surface area (Å²) < 4.78 is 11.2. The van der Waals surface area contributed by atoms with Crippen molar-refractivity contribution in [1.82, 2.24) is 19.0 Å². The Bertz CT molecular complexity index is 937. The molecule has 23 heavy (non-hydrogen) atoms. The van der Waals surface area contributed by atoms with Gasteiger partial charge in [-0.25, -0.2) is 9.78 Å². The van der Waals surface area contributed by atoms with Crippen molar-refractivity contribution in [3.63, 3.8) is 0 Å². The number of aryl methyl sites for hydroxylation is 1. The summed E-state index contributed by atoms with van der Waals surface area (Å²) in [4.78, 5) is 28.8. The van der Waals surface area contributed by atoms with E-state index in [0.29, 0.717) is 28.3 Å². The standard InChI is InChI=1S/C14H11BrN4O3S/c1-2-10-13(23-18-17-10)14(21)22-7-9-5-12(20)19-6-8(15)3-4-11(19)16-9/h3-6H,2,7H2,1H3. The lowest BCUT2D eigenvalue weighted by Crippen LogP contribution is -2.16. The maximum absolute atomic E-state index is 12.1. The molecule has 3 rings (SSSR count). The lowest BCUT2D eigenvalue weighted by Gasteiger charge is -2.05. The molecular weight excluding hydrogens is 384 g/mol. The molecule has 0 amide bonds. The van der Waals surface area contributed by atoms with Crippen LogP contribution < -0.4 is 5.56 Å². The van der Waals surface area contributed by atoms with Crippen LogP contribution in [0.5, 0.6) is 0 Å². The van der Waals surface area contributed by atoms with Crippen LogP contribution >= 0.6 is 27.5 Å². The number of fused-ring (bicyclic) bond motifs is 1.